The Morgan fingerprint density at radius 3 is 2.58 bits per heavy atom. The summed E-state index contributed by atoms with van der Waals surface area (Å²) in [5.74, 6) is 1.65. The first kappa shape index (κ1) is 17.3. The van der Waals surface area contributed by atoms with Gasteiger partial charge in [-0.1, -0.05) is 50.6 Å². The molecule has 2 fully saturated rings. The number of hydrogen-bond donors (Lipinski definition) is 2. The van der Waals surface area contributed by atoms with Crippen molar-refractivity contribution in [1.29, 1.82) is 0 Å². The average Bonchev–Trinajstić information content (AvgIpc) is 2.92. The summed E-state index contributed by atoms with van der Waals surface area (Å²) in [6.45, 7) is 5.02. The molecule has 2 N–H and O–H groups in total. The second-order valence-corrected chi connectivity index (χ2v) is 7.45. The Morgan fingerprint density at radius 1 is 1.17 bits per heavy atom. The van der Waals surface area contributed by atoms with Crippen molar-refractivity contribution in [1.82, 2.24) is 10.6 Å². The second-order valence-electron chi connectivity index (χ2n) is 7.45. The molecule has 1 aromatic carbocycles. The van der Waals surface area contributed by atoms with Crippen LogP contribution in [0.4, 0.5) is 4.79 Å². The molecule has 4 nitrogen and oxygen atoms in total. The summed E-state index contributed by atoms with van der Waals surface area (Å²) in [4.78, 5) is 11.9. The maximum atomic E-state index is 11.9. The molecule has 3 rings (SSSR count). The molecule has 0 aliphatic heterocycles. The number of benzene rings is 1. The molecule has 2 saturated carbocycles. The third kappa shape index (κ3) is 4.29. The van der Waals surface area contributed by atoms with Crippen LogP contribution in [0.1, 0.15) is 51.5 Å². The predicted molar refractivity (Wildman–Crippen MR) is 95.7 cm³/mol. The molecule has 1 aromatic rings. The van der Waals surface area contributed by atoms with Gasteiger partial charge in [-0.2, -0.15) is 0 Å². The molecule has 0 radical (unpaired) electrons. The van der Waals surface area contributed by atoms with Crippen LogP contribution in [0.25, 0.3) is 0 Å². The minimum Gasteiger partial charge on any atom is -0.445 e. The van der Waals surface area contributed by atoms with E-state index in [4.69, 9.17) is 4.74 Å². The van der Waals surface area contributed by atoms with Crippen molar-refractivity contribution in [2.45, 2.75) is 70.7 Å². The van der Waals surface area contributed by atoms with E-state index in [2.05, 4.69) is 24.5 Å². The van der Waals surface area contributed by atoms with Gasteiger partial charge in [-0.15, -0.1) is 0 Å². The van der Waals surface area contributed by atoms with Crippen LogP contribution >= 0.6 is 0 Å². The molecule has 0 aromatic heterocycles. The third-order valence-electron chi connectivity index (χ3n) is 5.87. The number of alkyl carbamates (subject to hydrolysis) is 1. The van der Waals surface area contributed by atoms with Crippen LogP contribution in [0.5, 0.6) is 0 Å². The van der Waals surface area contributed by atoms with Crippen LogP contribution in [0.3, 0.4) is 0 Å². The van der Waals surface area contributed by atoms with Crippen molar-refractivity contribution < 1.29 is 9.53 Å². The molecule has 0 bridgehead atoms. The van der Waals surface area contributed by atoms with Crippen LogP contribution in [0.2, 0.25) is 0 Å². The summed E-state index contributed by atoms with van der Waals surface area (Å²) in [6.07, 6.45) is 5.67. The lowest BCUT2D eigenvalue weighted by atomic mass is 9.85. The minimum atomic E-state index is -0.303. The van der Waals surface area contributed by atoms with E-state index in [1.807, 2.05) is 30.3 Å². The van der Waals surface area contributed by atoms with Crippen LogP contribution in [-0.2, 0) is 11.3 Å². The molecule has 4 heteroatoms. The van der Waals surface area contributed by atoms with E-state index in [0.717, 1.165) is 30.2 Å². The topological polar surface area (TPSA) is 50.4 Å². The Bertz CT molecular complexity index is 528. The molecule has 3 atom stereocenters. The van der Waals surface area contributed by atoms with Crippen molar-refractivity contribution in [3.8, 4) is 0 Å². The van der Waals surface area contributed by atoms with Crippen molar-refractivity contribution in [3.63, 3.8) is 0 Å². The standard InChI is InChI=1S/C20H30N2O2/c1-3-16-9-10-19(14(16)2)21-17-11-18(12-17)22-20(23)24-13-15-7-5-4-6-8-15/h4-8,14,16-19,21H,3,9-13H2,1-2H3,(H,22,23). The molecule has 2 aliphatic carbocycles. The zero-order chi connectivity index (χ0) is 16.9. The van der Waals surface area contributed by atoms with Crippen molar-refractivity contribution >= 4 is 6.09 Å². The lowest BCUT2D eigenvalue weighted by molar-refractivity contribution is 0.123. The van der Waals surface area contributed by atoms with Gasteiger partial charge in [0.2, 0.25) is 0 Å². The first-order valence-corrected chi connectivity index (χ1v) is 9.39. The van der Waals surface area contributed by atoms with Gasteiger partial charge in [-0.3, -0.25) is 0 Å². The summed E-state index contributed by atoms with van der Waals surface area (Å²) in [7, 11) is 0. The first-order valence-electron chi connectivity index (χ1n) is 9.39. The highest BCUT2D eigenvalue weighted by molar-refractivity contribution is 5.67. The fraction of sp³-hybridized carbons (Fsp3) is 0.650. The molecule has 132 valence electrons. The largest absolute Gasteiger partial charge is 0.445 e. The van der Waals surface area contributed by atoms with Crippen molar-refractivity contribution in [3.05, 3.63) is 35.9 Å². The SMILES string of the molecule is CCC1CCC(NC2CC(NC(=O)OCc3ccccc3)C2)C1C. The van der Waals surface area contributed by atoms with E-state index in [1.54, 1.807) is 0 Å². The van der Waals surface area contributed by atoms with Gasteiger partial charge in [-0.05, 0) is 43.1 Å². The normalized spacial score (nSPS) is 32.2. The summed E-state index contributed by atoms with van der Waals surface area (Å²) in [5, 5.41) is 6.77. The van der Waals surface area contributed by atoms with E-state index in [0.29, 0.717) is 18.7 Å². The molecular formula is C20H30N2O2. The molecule has 2 aliphatic rings. The number of rotatable bonds is 6. The number of nitrogens with one attached hydrogen (secondary N) is 2. The Balaban J connectivity index is 1.31. The smallest absolute Gasteiger partial charge is 0.407 e. The van der Waals surface area contributed by atoms with E-state index in [9.17, 15) is 4.79 Å². The fourth-order valence-corrected chi connectivity index (χ4v) is 4.16. The molecule has 0 saturated heterocycles. The average molecular weight is 330 g/mol. The summed E-state index contributed by atoms with van der Waals surface area (Å²) >= 11 is 0. The molecule has 0 heterocycles. The zero-order valence-corrected chi connectivity index (χ0v) is 14.8. The van der Waals surface area contributed by atoms with E-state index in [-0.39, 0.29) is 12.1 Å². The number of amides is 1. The lowest BCUT2D eigenvalue weighted by Crippen LogP contribution is -2.55. The van der Waals surface area contributed by atoms with Gasteiger partial charge in [-0.25, -0.2) is 4.79 Å². The quantitative estimate of drug-likeness (QED) is 0.833. The van der Waals surface area contributed by atoms with Crippen LogP contribution in [-0.4, -0.2) is 24.2 Å². The van der Waals surface area contributed by atoms with Gasteiger partial charge < -0.3 is 15.4 Å². The predicted octanol–water partition coefficient (Wildman–Crippen LogP) is 3.86. The van der Waals surface area contributed by atoms with Gasteiger partial charge in [0, 0.05) is 18.1 Å². The van der Waals surface area contributed by atoms with Crippen LogP contribution in [0.15, 0.2) is 30.3 Å². The maximum absolute atomic E-state index is 11.9. The number of carbonyl (C=O) groups excluding carboxylic acids is 1. The Morgan fingerprint density at radius 2 is 1.92 bits per heavy atom. The summed E-state index contributed by atoms with van der Waals surface area (Å²) in [5.41, 5.74) is 1.02. The van der Waals surface area contributed by atoms with E-state index >= 15 is 0 Å². The molecule has 1 amide bonds. The second kappa shape index (κ2) is 8.02. The molecule has 0 spiro atoms. The number of carbonyl (C=O) groups is 1. The first-order chi connectivity index (χ1) is 11.7. The highest BCUT2D eigenvalue weighted by Gasteiger charge is 2.37. The monoisotopic (exact) mass is 330 g/mol. The van der Waals surface area contributed by atoms with Crippen LogP contribution in [0, 0.1) is 11.8 Å². The Hall–Kier alpha value is -1.55. The highest BCUT2D eigenvalue weighted by Crippen LogP contribution is 2.35. The molecule has 3 unspecified atom stereocenters. The van der Waals surface area contributed by atoms with Gasteiger partial charge >= 0.3 is 6.09 Å². The van der Waals surface area contributed by atoms with E-state index in [1.165, 1.54) is 19.3 Å². The fourth-order valence-electron chi connectivity index (χ4n) is 4.16. The van der Waals surface area contributed by atoms with Gasteiger partial charge in [0.25, 0.3) is 0 Å². The van der Waals surface area contributed by atoms with Gasteiger partial charge in [0.05, 0.1) is 0 Å². The van der Waals surface area contributed by atoms with Crippen molar-refractivity contribution in [2.24, 2.45) is 11.8 Å². The molecular weight excluding hydrogens is 300 g/mol. The molecule has 24 heavy (non-hydrogen) atoms. The summed E-state index contributed by atoms with van der Waals surface area (Å²) in [6, 6.07) is 11.2. The van der Waals surface area contributed by atoms with E-state index < -0.39 is 0 Å². The van der Waals surface area contributed by atoms with Crippen molar-refractivity contribution in [2.75, 3.05) is 0 Å². The number of hydrogen-bond acceptors (Lipinski definition) is 3. The Labute approximate surface area is 145 Å². The van der Waals surface area contributed by atoms with Gasteiger partial charge in [0.15, 0.2) is 0 Å². The lowest BCUT2D eigenvalue weighted by Gasteiger charge is -2.39. The van der Waals surface area contributed by atoms with Gasteiger partial charge in [0.1, 0.15) is 6.61 Å². The Kier molecular flexibility index (Phi) is 5.77. The number of ether oxygens (including phenoxy) is 1. The maximum Gasteiger partial charge on any atom is 0.407 e. The minimum absolute atomic E-state index is 0.254. The third-order valence-corrected chi connectivity index (χ3v) is 5.87. The van der Waals surface area contributed by atoms with Crippen LogP contribution < -0.4 is 10.6 Å². The highest BCUT2D eigenvalue weighted by atomic mass is 16.5. The zero-order valence-electron chi connectivity index (χ0n) is 14.8. The summed E-state index contributed by atoms with van der Waals surface area (Å²) < 4.78 is 5.28.